The Morgan fingerprint density at radius 2 is 1.58 bits per heavy atom. The van der Waals surface area contributed by atoms with Crippen LogP contribution in [0.1, 0.15) is 20.8 Å². The summed E-state index contributed by atoms with van der Waals surface area (Å²) in [5, 5.41) is 11.2. The van der Waals surface area contributed by atoms with Gasteiger partial charge in [-0.25, -0.2) is 0 Å². The standard InChI is InChI=1S/C22H25Cl2N3O6/c1-6-32-18-9-13(23)8-15(21(18)33-7-2)25-22(29)20(12(3)28)27-26-14-10-16(30-4)19(24)17(11-14)31-5/h8-11,20H,6-7H2,1-5H3,(H,25,29). The normalized spacial score (nSPS) is 11.7. The number of rotatable bonds is 11. The van der Waals surface area contributed by atoms with Crippen LogP contribution in [0.5, 0.6) is 23.0 Å². The third-order valence-electron chi connectivity index (χ3n) is 4.22. The maximum absolute atomic E-state index is 12.9. The van der Waals surface area contributed by atoms with E-state index in [-0.39, 0.29) is 16.4 Å². The molecule has 0 aliphatic carbocycles. The zero-order chi connectivity index (χ0) is 24.5. The molecule has 1 unspecified atom stereocenters. The van der Waals surface area contributed by atoms with Crippen LogP contribution in [0.3, 0.4) is 0 Å². The maximum Gasteiger partial charge on any atom is 0.258 e. The Hall–Kier alpha value is -3.04. The summed E-state index contributed by atoms with van der Waals surface area (Å²) < 4.78 is 21.6. The fourth-order valence-corrected chi connectivity index (χ4v) is 3.25. The molecule has 0 radical (unpaired) electrons. The first-order valence-electron chi connectivity index (χ1n) is 9.98. The lowest BCUT2D eigenvalue weighted by atomic mass is 10.2. The van der Waals surface area contributed by atoms with E-state index in [4.69, 9.17) is 42.1 Å². The second-order valence-corrected chi connectivity index (χ2v) is 7.34. The van der Waals surface area contributed by atoms with Crippen LogP contribution < -0.4 is 24.3 Å². The molecular formula is C22H25Cl2N3O6. The Labute approximate surface area is 202 Å². The summed E-state index contributed by atoms with van der Waals surface area (Å²) in [5.74, 6) is 0.0288. The van der Waals surface area contributed by atoms with Crippen molar-refractivity contribution in [2.75, 3.05) is 32.8 Å². The molecular weight excluding hydrogens is 473 g/mol. The number of nitrogens with zero attached hydrogens (tertiary/aromatic N) is 2. The van der Waals surface area contributed by atoms with Crippen LogP contribution in [0, 0.1) is 0 Å². The van der Waals surface area contributed by atoms with E-state index in [1.165, 1.54) is 39.3 Å². The number of hydrogen-bond donors (Lipinski definition) is 1. The van der Waals surface area contributed by atoms with Crippen molar-refractivity contribution in [1.29, 1.82) is 0 Å². The Morgan fingerprint density at radius 1 is 0.970 bits per heavy atom. The predicted octanol–water partition coefficient (Wildman–Crippen LogP) is 5.49. The highest BCUT2D eigenvalue weighted by Gasteiger charge is 2.25. The van der Waals surface area contributed by atoms with Crippen molar-refractivity contribution in [3.63, 3.8) is 0 Å². The Bertz CT molecular complexity index is 1020. The smallest absolute Gasteiger partial charge is 0.258 e. The van der Waals surface area contributed by atoms with Gasteiger partial charge < -0.3 is 24.3 Å². The number of anilines is 1. The van der Waals surface area contributed by atoms with Crippen molar-refractivity contribution in [3.8, 4) is 23.0 Å². The number of carbonyl (C=O) groups is 2. The highest BCUT2D eigenvalue weighted by atomic mass is 35.5. The van der Waals surface area contributed by atoms with Gasteiger partial charge in [-0.15, -0.1) is 0 Å². The van der Waals surface area contributed by atoms with E-state index >= 15 is 0 Å². The van der Waals surface area contributed by atoms with E-state index < -0.39 is 17.7 Å². The van der Waals surface area contributed by atoms with E-state index in [1.807, 2.05) is 6.92 Å². The number of Topliss-reactive ketones (excluding diaryl/α,β-unsaturated/α-hetero) is 1. The van der Waals surface area contributed by atoms with Gasteiger partial charge >= 0.3 is 0 Å². The third kappa shape index (κ3) is 6.72. The summed E-state index contributed by atoms with van der Waals surface area (Å²) in [6, 6.07) is 4.65. The van der Waals surface area contributed by atoms with Crippen molar-refractivity contribution in [2.24, 2.45) is 10.2 Å². The summed E-state index contributed by atoms with van der Waals surface area (Å²) in [7, 11) is 2.87. The highest BCUT2D eigenvalue weighted by Crippen LogP contribution is 2.40. The van der Waals surface area contributed by atoms with Gasteiger partial charge in [-0.3, -0.25) is 9.59 Å². The molecule has 0 aliphatic rings. The summed E-state index contributed by atoms with van der Waals surface area (Å²) in [5.41, 5.74) is 0.526. The number of carbonyl (C=O) groups excluding carboxylic acids is 2. The predicted molar refractivity (Wildman–Crippen MR) is 126 cm³/mol. The molecule has 0 saturated heterocycles. The number of hydrogen-bond acceptors (Lipinski definition) is 8. The quantitative estimate of drug-likeness (QED) is 0.324. The van der Waals surface area contributed by atoms with E-state index in [1.54, 1.807) is 13.0 Å². The van der Waals surface area contributed by atoms with Gasteiger partial charge in [0.2, 0.25) is 6.04 Å². The monoisotopic (exact) mass is 497 g/mol. The minimum absolute atomic E-state index is 0.245. The molecule has 9 nitrogen and oxygen atoms in total. The lowest BCUT2D eigenvalue weighted by molar-refractivity contribution is -0.126. The first-order valence-corrected chi connectivity index (χ1v) is 10.7. The van der Waals surface area contributed by atoms with Crippen molar-refractivity contribution < 1.29 is 28.5 Å². The number of nitrogens with one attached hydrogen (secondary N) is 1. The van der Waals surface area contributed by atoms with Crippen molar-refractivity contribution in [1.82, 2.24) is 0 Å². The lowest BCUT2D eigenvalue weighted by Gasteiger charge is -2.17. The molecule has 2 aromatic rings. The SMILES string of the molecule is CCOc1cc(Cl)cc(NC(=O)C(N=Nc2cc(OC)c(Cl)c(OC)c2)C(C)=O)c1OCC. The van der Waals surface area contributed by atoms with Crippen molar-refractivity contribution >= 4 is 46.3 Å². The Morgan fingerprint density at radius 3 is 2.09 bits per heavy atom. The van der Waals surface area contributed by atoms with Crippen LogP contribution in [-0.4, -0.2) is 45.2 Å². The molecule has 1 amide bonds. The van der Waals surface area contributed by atoms with Gasteiger partial charge in [0.25, 0.3) is 5.91 Å². The summed E-state index contributed by atoms with van der Waals surface area (Å²) >= 11 is 12.3. The minimum Gasteiger partial charge on any atom is -0.495 e. The van der Waals surface area contributed by atoms with Gasteiger partial charge in [0.1, 0.15) is 16.5 Å². The van der Waals surface area contributed by atoms with Gasteiger partial charge in [0, 0.05) is 23.2 Å². The number of ketones is 1. The molecule has 1 atom stereocenters. The molecule has 178 valence electrons. The Balaban J connectivity index is 2.37. The van der Waals surface area contributed by atoms with Gasteiger partial charge in [-0.05, 0) is 26.8 Å². The molecule has 2 rings (SSSR count). The van der Waals surface area contributed by atoms with Gasteiger partial charge in [-0.2, -0.15) is 10.2 Å². The number of benzene rings is 2. The van der Waals surface area contributed by atoms with Crippen LogP contribution in [0.15, 0.2) is 34.5 Å². The van der Waals surface area contributed by atoms with Crippen LogP contribution in [0.2, 0.25) is 10.0 Å². The van der Waals surface area contributed by atoms with Gasteiger partial charge in [0.15, 0.2) is 17.3 Å². The molecule has 0 fully saturated rings. The molecule has 0 bridgehead atoms. The van der Waals surface area contributed by atoms with Crippen molar-refractivity contribution in [2.45, 2.75) is 26.8 Å². The van der Waals surface area contributed by atoms with Crippen molar-refractivity contribution in [3.05, 3.63) is 34.3 Å². The van der Waals surface area contributed by atoms with Crippen LogP contribution >= 0.6 is 23.2 Å². The maximum atomic E-state index is 12.9. The van der Waals surface area contributed by atoms with E-state index in [9.17, 15) is 9.59 Å². The van der Waals surface area contributed by atoms with Gasteiger partial charge in [-0.1, -0.05) is 23.2 Å². The highest BCUT2D eigenvalue weighted by molar-refractivity contribution is 6.33. The lowest BCUT2D eigenvalue weighted by Crippen LogP contribution is -2.32. The average Bonchev–Trinajstić information content (AvgIpc) is 2.76. The molecule has 11 heteroatoms. The summed E-state index contributed by atoms with van der Waals surface area (Å²) in [6.45, 7) is 5.52. The number of halogens is 2. The molecule has 1 N–H and O–H groups in total. The zero-order valence-electron chi connectivity index (χ0n) is 18.9. The zero-order valence-corrected chi connectivity index (χ0v) is 20.4. The largest absolute Gasteiger partial charge is 0.495 e. The molecule has 0 aromatic heterocycles. The average molecular weight is 498 g/mol. The number of azo groups is 1. The Kier molecular flexibility index (Phi) is 9.74. The topological polar surface area (TPSA) is 108 Å². The number of methoxy groups -OCH3 is 2. The van der Waals surface area contributed by atoms with Gasteiger partial charge in [0.05, 0.1) is 38.8 Å². The molecule has 2 aromatic carbocycles. The van der Waals surface area contributed by atoms with E-state index in [0.29, 0.717) is 41.2 Å². The fraction of sp³-hybridized carbons (Fsp3) is 0.364. The molecule has 0 aliphatic heterocycles. The number of ether oxygens (including phenoxy) is 4. The van der Waals surface area contributed by atoms with Crippen LogP contribution in [-0.2, 0) is 9.59 Å². The second kappa shape index (κ2) is 12.3. The fourth-order valence-electron chi connectivity index (χ4n) is 2.77. The molecule has 0 spiro atoms. The third-order valence-corrected chi connectivity index (χ3v) is 4.81. The summed E-state index contributed by atoms with van der Waals surface area (Å²) in [6.07, 6.45) is 0. The molecule has 33 heavy (non-hydrogen) atoms. The van der Waals surface area contributed by atoms with Crippen LogP contribution in [0.25, 0.3) is 0 Å². The van der Waals surface area contributed by atoms with E-state index in [2.05, 4.69) is 15.5 Å². The number of amides is 1. The minimum atomic E-state index is -1.43. The second-order valence-electron chi connectivity index (χ2n) is 6.53. The first kappa shape index (κ1) is 26.2. The molecule has 0 saturated carbocycles. The van der Waals surface area contributed by atoms with E-state index in [0.717, 1.165) is 0 Å². The van der Waals surface area contributed by atoms with Crippen LogP contribution in [0.4, 0.5) is 11.4 Å². The first-order chi connectivity index (χ1) is 15.7. The molecule has 0 heterocycles. The summed E-state index contributed by atoms with van der Waals surface area (Å²) in [4.78, 5) is 25.1.